The maximum Gasteiger partial charge on any atom is 0.324 e. The monoisotopic (exact) mass is 339 g/mol. The number of anilines is 2. The van der Waals surface area contributed by atoms with Gasteiger partial charge in [-0.25, -0.2) is 4.79 Å². The molecule has 2 N–H and O–H groups in total. The van der Waals surface area contributed by atoms with Crippen LogP contribution in [0.15, 0.2) is 42.6 Å². The minimum absolute atomic E-state index is 0.338. The van der Waals surface area contributed by atoms with Gasteiger partial charge in [-0.15, -0.1) is 0 Å². The zero-order valence-electron chi connectivity index (χ0n) is 14.3. The highest BCUT2D eigenvalue weighted by Crippen LogP contribution is 2.23. The van der Waals surface area contributed by atoms with Gasteiger partial charge in [0, 0.05) is 30.5 Å². The third-order valence-corrected chi connectivity index (χ3v) is 3.79. The van der Waals surface area contributed by atoms with Gasteiger partial charge in [0.25, 0.3) is 0 Å². The summed E-state index contributed by atoms with van der Waals surface area (Å²) in [4.78, 5) is 16.9. The van der Waals surface area contributed by atoms with Gasteiger partial charge in [-0.05, 0) is 18.6 Å². The number of pyridine rings is 1. The van der Waals surface area contributed by atoms with Gasteiger partial charge in [-0.1, -0.05) is 25.1 Å². The molecule has 3 rings (SSSR count). The number of hydrogen-bond donors (Lipinski definition) is 2. The molecule has 0 aliphatic heterocycles. The summed E-state index contributed by atoms with van der Waals surface area (Å²) in [6.07, 6.45) is 2.59. The first-order chi connectivity index (χ1) is 12.2. The third kappa shape index (κ3) is 4.13. The largest absolute Gasteiger partial charge is 0.383 e. The molecule has 0 saturated carbocycles. The zero-order valence-corrected chi connectivity index (χ0v) is 14.3. The van der Waals surface area contributed by atoms with Gasteiger partial charge in [-0.3, -0.25) is 15.0 Å². The normalized spacial score (nSPS) is 10.8. The van der Waals surface area contributed by atoms with E-state index >= 15 is 0 Å². The maximum absolute atomic E-state index is 12.3. The second-order valence-corrected chi connectivity index (χ2v) is 5.57. The van der Waals surface area contributed by atoms with Crippen LogP contribution in [0.2, 0.25) is 0 Å². The van der Waals surface area contributed by atoms with Crippen LogP contribution < -0.4 is 10.6 Å². The average Bonchev–Trinajstić information content (AvgIpc) is 3.06. The molecule has 7 heteroatoms. The fourth-order valence-corrected chi connectivity index (χ4v) is 2.52. The van der Waals surface area contributed by atoms with E-state index in [1.54, 1.807) is 24.1 Å². The van der Waals surface area contributed by atoms with E-state index < -0.39 is 0 Å². The van der Waals surface area contributed by atoms with Crippen molar-refractivity contribution in [3.63, 3.8) is 0 Å². The van der Waals surface area contributed by atoms with Crippen molar-refractivity contribution in [3.8, 4) is 0 Å². The summed E-state index contributed by atoms with van der Waals surface area (Å²) in [6.45, 7) is 3.23. The van der Waals surface area contributed by atoms with Crippen molar-refractivity contribution >= 4 is 28.4 Å². The first-order valence-corrected chi connectivity index (χ1v) is 8.18. The number of amides is 2. The van der Waals surface area contributed by atoms with Gasteiger partial charge in [-0.2, -0.15) is 5.10 Å². The lowest BCUT2D eigenvalue weighted by atomic mass is 10.1. The van der Waals surface area contributed by atoms with Crippen molar-refractivity contribution in [1.29, 1.82) is 0 Å². The molecule has 3 aromatic rings. The summed E-state index contributed by atoms with van der Waals surface area (Å²) >= 11 is 0. The third-order valence-electron chi connectivity index (χ3n) is 3.79. The Labute approximate surface area is 146 Å². The number of para-hydroxylation sites is 1. The Bertz CT molecular complexity index is 875. The molecule has 2 aromatic heterocycles. The van der Waals surface area contributed by atoms with Crippen molar-refractivity contribution in [3.05, 3.63) is 48.3 Å². The van der Waals surface area contributed by atoms with Crippen LogP contribution in [0.1, 0.15) is 12.6 Å². The lowest BCUT2D eigenvalue weighted by Crippen LogP contribution is -2.20. The molecule has 2 heterocycles. The smallest absolute Gasteiger partial charge is 0.324 e. The SMILES string of the molecule is CCc1cc(NC(=O)Nc2ccn(CCOC)n2)c2ccccc2n1. The molecular formula is C18H21N5O2. The van der Waals surface area contributed by atoms with Crippen molar-refractivity contribution < 1.29 is 9.53 Å². The highest BCUT2D eigenvalue weighted by molar-refractivity contribution is 6.05. The molecule has 0 aliphatic carbocycles. The number of methoxy groups -OCH3 is 1. The topological polar surface area (TPSA) is 81.1 Å². The molecule has 0 fully saturated rings. The van der Waals surface area contributed by atoms with Crippen LogP contribution in [0, 0.1) is 0 Å². The highest BCUT2D eigenvalue weighted by Gasteiger charge is 2.10. The van der Waals surface area contributed by atoms with Gasteiger partial charge in [0.1, 0.15) is 0 Å². The molecule has 0 radical (unpaired) electrons. The van der Waals surface area contributed by atoms with Gasteiger partial charge in [0.15, 0.2) is 5.82 Å². The molecule has 0 atom stereocenters. The summed E-state index contributed by atoms with van der Waals surface area (Å²) in [5, 5.41) is 10.8. The van der Waals surface area contributed by atoms with Crippen LogP contribution in [-0.2, 0) is 17.7 Å². The van der Waals surface area contributed by atoms with E-state index in [2.05, 4.69) is 20.7 Å². The van der Waals surface area contributed by atoms with E-state index in [0.717, 1.165) is 28.7 Å². The number of aromatic nitrogens is 3. The summed E-state index contributed by atoms with van der Waals surface area (Å²) in [6, 6.07) is 11.1. The standard InChI is InChI=1S/C18H21N5O2/c1-3-13-12-16(14-6-4-5-7-15(14)19-13)20-18(24)21-17-8-9-23(22-17)10-11-25-2/h4-9,12H,3,10-11H2,1-2H3,(H2,19,20,21,22,24). The highest BCUT2D eigenvalue weighted by atomic mass is 16.5. The molecule has 0 aliphatic rings. The average molecular weight is 339 g/mol. The first kappa shape index (κ1) is 16.9. The van der Waals surface area contributed by atoms with E-state index in [1.165, 1.54) is 0 Å². The number of rotatable bonds is 6. The van der Waals surface area contributed by atoms with Crippen molar-refractivity contribution in [1.82, 2.24) is 14.8 Å². The minimum Gasteiger partial charge on any atom is -0.383 e. The Morgan fingerprint density at radius 3 is 2.88 bits per heavy atom. The number of ether oxygens (including phenoxy) is 1. The van der Waals surface area contributed by atoms with Gasteiger partial charge < -0.3 is 10.1 Å². The Morgan fingerprint density at radius 1 is 1.24 bits per heavy atom. The van der Waals surface area contributed by atoms with Crippen LogP contribution in [0.5, 0.6) is 0 Å². The second kappa shape index (κ2) is 7.76. The number of hydrogen-bond acceptors (Lipinski definition) is 4. The lowest BCUT2D eigenvalue weighted by molar-refractivity contribution is 0.183. The summed E-state index contributed by atoms with van der Waals surface area (Å²) in [7, 11) is 1.64. The van der Waals surface area contributed by atoms with Gasteiger partial charge in [0.05, 0.1) is 24.4 Å². The Balaban J connectivity index is 1.74. The van der Waals surface area contributed by atoms with Gasteiger partial charge >= 0.3 is 6.03 Å². The Kier molecular flexibility index (Phi) is 5.25. The summed E-state index contributed by atoms with van der Waals surface area (Å²) in [5.41, 5.74) is 2.53. The summed E-state index contributed by atoms with van der Waals surface area (Å²) in [5.74, 6) is 0.489. The van der Waals surface area contributed by atoms with Crippen LogP contribution in [0.4, 0.5) is 16.3 Å². The molecule has 0 saturated heterocycles. The molecule has 2 amide bonds. The zero-order chi connectivity index (χ0) is 17.6. The summed E-state index contributed by atoms with van der Waals surface area (Å²) < 4.78 is 6.73. The molecule has 130 valence electrons. The quantitative estimate of drug-likeness (QED) is 0.722. The molecule has 7 nitrogen and oxygen atoms in total. The van der Waals surface area contributed by atoms with Crippen molar-refractivity contribution in [2.75, 3.05) is 24.4 Å². The first-order valence-electron chi connectivity index (χ1n) is 8.18. The van der Waals surface area contributed by atoms with Crippen molar-refractivity contribution in [2.45, 2.75) is 19.9 Å². The molecule has 0 bridgehead atoms. The second-order valence-electron chi connectivity index (χ2n) is 5.57. The number of carbonyl (C=O) groups excluding carboxylic acids is 1. The van der Waals surface area contributed by atoms with Crippen LogP contribution in [0.25, 0.3) is 10.9 Å². The lowest BCUT2D eigenvalue weighted by Gasteiger charge is -2.10. The maximum atomic E-state index is 12.3. The number of nitrogens with one attached hydrogen (secondary N) is 2. The molecule has 0 unspecified atom stereocenters. The van der Waals surface area contributed by atoms with E-state index in [1.807, 2.05) is 37.3 Å². The van der Waals surface area contributed by atoms with E-state index in [0.29, 0.717) is 19.0 Å². The van der Waals surface area contributed by atoms with Crippen molar-refractivity contribution in [2.24, 2.45) is 0 Å². The fourth-order valence-electron chi connectivity index (χ4n) is 2.52. The van der Waals surface area contributed by atoms with E-state index in [-0.39, 0.29) is 6.03 Å². The number of fused-ring (bicyclic) bond motifs is 1. The number of carbonyl (C=O) groups is 1. The predicted octanol–water partition coefficient (Wildman–Crippen LogP) is 3.28. The number of nitrogens with zero attached hydrogens (tertiary/aromatic N) is 3. The Morgan fingerprint density at radius 2 is 2.08 bits per heavy atom. The molecule has 0 spiro atoms. The van der Waals surface area contributed by atoms with Gasteiger partial charge in [0.2, 0.25) is 0 Å². The van der Waals surface area contributed by atoms with Crippen LogP contribution in [-0.4, -0.2) is 34.5 Å². The number of aryl methyl sites for hydroxylation is 1. The van der Waals surface area contributed by atoms with E-state index in [9.17, 15) is 4.79 Å². The fraction of sp³-hybridized carbons (Fsp3) is 0.278. The molecule has 1 aromatic carbocycles. The predicted molar refractivity (Wildman–Crippen MR) is 97.9 cm³/mol. The number of urea groups is 1. The molecule has 25 heavy (non-hydrogen) atoms. The van der Waals surface area contributed by atoms with Crippen LogP contribution >= 0.6 is 0 Å². The minimum atomic E-state index is -0.338. The molecular weight excluding hydrogens is 318 g/mol. The van der Waals surface area contributed by atoms with E-state index in [4.69, 9.17) is 4.74 Å². The Hall–Kier alpha value is -2.93. The van der Waals surface area contributed by atoms with Crippen LogP contribution in [0.3, 0.4) is 0 Å². The number of benzene rings is 1.